The molecule has 150 valence electrons. The molecule has 4 aromatic rings. The highest BCUT2D eigenvalue weighted by molar-refractivity contribution is 6.05. The molecule has 0 aromatic carbocycles. The van der Waals surface area contributed by atoms with Gasteiger partial charge in [-0.1, -0.05) is 13.8 Å². The van der Waals surface area contributed by atoms with Crippen LogP contribution in [-0.4, -0.2) is 38.5 Å². The SMILES string of the molecule is CC.CC(C)NC(=O)COc1ccc(-c2ccc3c(n2)[nH]c2ccncc23)cn1. The number of rotatable bonds is 5. The lowest BCUT2D eigenvalue weighted by Crippen LogP contribution is -2.34. The van der Waals surface area contributed by atoms with Crippen LogP contribution in [0.25, 0.3) is 33.2 Å². The van der Waals surface area contributed by atoms with Crippen LogP contribution < -0.4 is 10.1 Å². The first-order chi connectivity index (χ1) is 14.1. The van der Waals surface area contributed by atoms with Crippen LogP contribution in [0.1, 0.15) is 27.7 Å². The number of carbonyl (C=O) groups excluding carboxylic acids is 1. The average molecular weight is 391 g/mol. The third-order valence-electron chi connectivity index (χ3n) is 4.09. The van der Waals surface area contributed by atoms with Crippen molar-refractivity contribution in [1.29, 1.82) is 0 Å². The molecule has 0 fully saturated rings. The minimum Gasteiger partial charge on any atom is -0.468 e. The number of hydrogen-bond donors (Lipinski definition) is 2. The molecule has 0 bridgehead atoms. The first-order valence-electron chi connectivity index (χ1n) is 9.71. The van der Waals surface area contributed by atoms with Gasteiger partial charge >= 0.3 is 0 Å². The fourth-order valence-corrected chi connectivity index (χ4v) is 2.90. The number of nitrogens with zero attached hydrogens (tertiary/aromatic N) is 3. The molecular formula is C22H25N5O2. The molecule has 29 heavy (non-hydrogen) atoms. The summed E-state index contributed by atoms with van der Waals surface area (Å²) in [6.45, 7) is 7.74. The van der Waals surface area contributed by atoms with Gasteiger partial charge in [0.15, 0.2) is 6.61 Å². The van der Waals surface area contributed by atoms with E-state index in [1.165, 1.54) is 0 Å². The summed E-state index contributed by atoms with van der Waals surface area (Å²) in [5, 5.41) is 4.85. The predicted octanol–water partition coefficient (Wildman–Crippen LogP) is 4.10. The van der Waals surface area contributed by atoms with E-state index in [1.807, 2.05) is 58.2 Å². The molecule has 0 unspecified atom stereocenters. The minimum absolute atomic E-state index is 0.0577. The van der Waals surface area contributed by atoms with E-state index in [4.69, 9.17) is 9.72 Å². The quantitative estimate of drug-likeness (QED) is 0.534. The van der Waals surface area contributed by atoms with E-state index in [0.717, 1.165) is 33.2 Å². The largest absolute Gasteiger partial charge is 0.468 e. The van der Waals surface area contributed by atoms with Crippen molar-refractivity contribution in [2.75, 3.05) is 6.61 Å². The van der Waals surface area contributed by atoms with Crippen molar-refractivity contribution in [1.82, 2.24) is 25.3 Å². The van der Waals surface area contributed by atoms with Gasteiger partial charge in [-0.2, -0.15) is 0 Å². The summed E-state index contributed by atoms with van der Waals surface area (Å²) in [5.74, 6) is 0.228. The Kier molecular flexibility index (Phi) is 6.39. The summed E-state index contributed by atoms with van der Waals surface area (Å²) in [4.78, 5) is 28.1. The predicted molar refractivity (Wildman–Crippen MR) is 115 cm³/mol. The van der Waals surface area contributed by atoms with E-state index in [2.05, 4.69) is 20.3 Å². The monoisotopic (exact) mass is 391 g/mol. The first kappa shape index (κ1) is 20.3. The van der Waals surface area contributed by atoms with Crippen LogP contribution in [0.2, 0.25) is 0 Å². The summed E-state index contributed by atoms with van der Waals surface area (Å²) >= 11 is 0. The molecule has 0 spiro atoms. The standard InChI is InChI=1S/C20H19N5O2.C2H6/c1-12(2)23-18(26)11-27-19-6-3-13(9-22-19)16-5-4-14-15-10-21-8-7-17(15)25-20(14)24-16;1-2/h3-10,12H,11H2,1-2H3,(H,23,26)(H,24,25);1-2H3. The molecule has 4 heterocycles. The van der Waals surface area contributed by atoms with Crippen molar-refractivity contribution in [3.63, 3.8) is 0 Å². The highest BCUT2D eigenvalue weighted by Gasteiger charge is 2.09. The fraction of sp³-hybridized carbons (Fsp3) is 0.273. The number of carbonyl (C=O) groups is 1. The molecule has 0 aliphatic rings. The zero-order chi connectivity index (χ0) is 20.8. The summed E-state index contributed by atoms with van der Waals surface area (Å²) < 4.78 is 5.41. The lowest BCUT2D eigenvalue weighted by atomic mass is 10.1. The molecule has 0 aliphatic carbocycles. The Morgan fingerprint density at radius 3 is 2.66 bits per heavy atom. The van der Waals surface area contributed by atoms with Gasteiger partial charge in [0, 0.05) is 47.0 Å². The minimum atomic E-state index is -0.170. The van der Waals surface area contributed by atoms with Gasteiger partial charge < -0.3 is 15.0 Å². The summed E-state index contributed by atoms with van der Waals surface area (Å²) in [7, 11) is 0. The molecule has 0 atom stereocenters. The maximum atomic E-state index is 11.6. The summed E-state index contributed by atoms with van der Waals surface area (Å²) in [5.41, 5.74) is 3.48. The van der Waals surface area contributed by atoms with Gasteiger partial charge in [-0.05, 0) is 38.1 Å². The van der Waals surface area contributed by atoms with Crippen LogP contribution in [0.15, 0.2) is 48.9 Å². The molecule has 0 radical (unpaired) electrons. The van der Waals surface area contributed by atoms with Crippen LogP contribution in [0.5, 0.6) is 5.88 Å². The number of nitrogens with one attached hydrogen (secondary N) is 2. The smallest absolute Gasteiger partial charge is 0.258 e. The van der Waals surface area contributed by atoms with Crippen molar-refractivity contribution in [2.24, 2.45) is 0 Å². The van der Waals surface area contributed by atoms with Gasteiger partial charge in [0.2, 0.25) is 5.88 Å². The van der Waals surface area contributed by atoms with Gasteiger partial charge in [0.05, 0.1) is 11.2 Å². The molecule has 0 saturated heterocycles. The maximum Gasteiger partial charge on any atom is 0.258 e. The van der Waals surface area contributed by atoms with E-state index in [0.29, 0.717) is 5.88 Å². The number of hydrogen-bond acceptors (Lipinski definition) is 5. The van der Waals surface area contributed by atoms with Crippen LogP contribution in [0.4, 0.5) is 0 Å². The Labute approximate surface area is 169 Å². The topological polar surface area (TPSA) is 92.8 Å². The van der Waals surface area contributed by atoms with Crippen LogP contribution >= 0.6 is 0 Å². The maximum absolute atomic E-state index is 11.6. The summed E-state index contributed by atoms with van der Waals surface area (Å²) in [6, 6.07) is 9.60. The van der Waals surface area contributed by atoms with E-state index in [1.54, 1.807) is 18.5 Å². The molecule has 0 saturated carbocycles. The zero-order valence-electron chi connectivity index (χ0n) is 17.1. The molecule has 4 rings (SSSR count). The highest BCUT2D eigenvalue weighted by Crippen LogP contribution is 2.26. The number of ether oxygens (including phenoxy) is 1. The van der Waals surface area contributed by atoms with Gasteiger partial charge in [0.25, 0.3) is 5.91 Å². The second-order valence-electron chi connectivity index (χ2n) is 6.53. The van der Waals surface area contributed by atoms with Crippen LogP contribution in [0.3, 0.4) is 0 Å². The number of fused-ring (bicyclic) bond motifs is 3. The van der Waals surface area contributed by atoms with Gasteiger partial charge in [0.1, 0.15) is 5.65 Å². The number of H-pyrrole nitrogens is 1. The van der Waals surface area contributed by atoms with Crippen molar-refractivity contribution in [3.8, 4) is 17.1 Å². The van der Waals surface area contributed by atoms with E-state index < -0.39 is 0 Å². The molecule has 4 aromatic heterocycles. The van der Waals surface area contributed by atoms with Crippen LogP contribution in [0, 0.1) is 0 Å². The van der Waals surface area contributed by atoms with E-state index in [9.17, 15) is 4.79 Å². The van der Waals surface area contributed by atoms with Crippen molar-refractivity contribution in [3.05, 3.63) is 48.9 Å². The molecule has 7 nitrogen and oxygen atoms in total. The second-order valence-corrected chi connectivity index (χ2v) is 6.53. The number of pyridine rings is 3. The van der Waals surface area contributed by atoms with Crippen LogP contribution in [-0.2, 0) is 4.79 Å². The third-order valence-corrected chi connectivity index (χ3v) is 4.09. The van der Waals surface area contributed by atoms with Crippen molar-refractivity contribution >= 4 is 27.8 Å². The lowest BCUT2D eigenvalue weighted by molar-refractivity contribution is -0.123. The summed E-state index contributed by atoms with van der Waals surface area (Å²) in [6.07, 6.45) is 5.27. The normalized spacial score (nSPS) is 10.7. The highest BCUT2D eigenvalue weighted by atomic mass is 16.5. The van der Waals surface area contributed by atoms with Gasteiger partial charge in [-0.15, -0.1) is 0 Å². The van der Waals surface area contributed by atoms with Gasteiger partial charge in [-0.3, -0.25) is 9.78 Å². The number of aromatic amines is 1. The Bertz CT molecular complexity index is 1100. The Balaban J connectivity index is 0.00000117. The number of aromatic nitrogens is 4. The van der Waals surface area contributed by atoms with Crippen molar-refractivity contribution in [2.45, 2.75) is 33.7 Å². The number of amides is 1. The lowest BCUT2D eigenvalue weighted by Gasteiger charge is -2.09. The molecule has 2 N–H and O–H groups in total. The fourth-order valence-electron chi connectivity index (χ4n) is 2.90. The van der Waals surface area contributed by atoms with Gasteiger partial charge in [-0.25, -0.2) is 9.97 Å². The van der Waals surface area contributed by atoms with E-state index >= 15 is 0 Å². The zero-order valence-corrected chi connectivity index (χ0v) is 17.1. The molecular weight excluding hydrogens is 366 g/mol. The van der Waals surface area contributed by atoms with Crippen molar-refractivity contribution < 1.29 is 9.53 Å². The molecule has 7 heteroatoms. The molecule has 1 amide bonds. The Morgan fingerprint density at radius 2 is 1.93 bits per heavy atom. The third kappa shape index (κ3) is 4.68. The molecule has 0 aliphatic heterocycles. The average Bonchev–Trinajstić information content (AvgIpc) is 3.11. The Morgan fingerprint density at radius 1 is 1.10 bits per heavy atom. The Hall–Kier alpha value is -3.48. The van der Waals surface area contributed by atoms with E-state index in [-0.39, 0.29) is 18.6 Å². The second kappa shape index (κ2) is 9.14. The first-order valence-corrected chi connectivity index (χ1v) is 9.71.